The van der Waals surface area contributed by atoms with Gasteiger partial charge >= 0.3 is 0 Å². The SMILES string of the molecule is CC1c2nc(CC(=O)N(C)C)cn2CCN1C(=O)c1cn(C)c2ccccc12. The highest BCUT2D eigenvalue weighted by atomic mass is 16.2. The van der Waals surface area contributed by atoms with Gasteiger partial charge in [0.25, 0.3) is 5.91 Å². The van der Waals surface area contributed by atoms with Gasteiger partial charge in [0.15, 0.2) is 0 Å². The number of rotatable bonds is 3. The molecule has 0 fully saturated rings. The highest BCUT2D eigenvalue weighted by Gasteiger charge is 2.31. The molecule has 0 radical (unpaired) electrons. The van der Waals surface area contributed by atoms with Crippen molar-refractivity contribution in [3.8, 4) is 0 Å². The molecule has 3 heterocycles. The Balaban J connectivity index is 1.62. The zero-order valence-electron chi connectivity index (χ0n) is 16.7. The van der Waals surface area contributed by atoms with Crippen LogP contribution in [0.1, 0.15) is 34.8 Å². The monoisotopic (exact) mass is 379 g/mol. The normalized spacial score (nSPS) is 16.3. The molecule has 0 saturated carbocycles. The van der Waals surface area contributed by atoms with Crippen LogP contribution < -0.4 is 0 Å². The average molecular weight is 379 g/mol. The second kappa shape index (κ2) is 6.82. The Hall–Kier alpha value is -3.09. The average Bonchev–Trinajstić information content (AvgIpc) is 3.23. The fraction of sp³-hybridized carbons (Fsp3) is 0.381. The maximum Gasteiger partial charge on any atom is 0.256 e. The van der Waals surface area contributed by atoms with Crippen molar-refractivity contribution in [2.75, 3.05) is 20.6 Å². The number of nitrogens with zero attached hydrogens (tertiary/aromatic N) is 5. The summed E-state index contributed by atoms with van der Waals surface area (Å²) in [4.78, 5) is 33.4. The fourth-order valence-electron chi connectivity index (χ4n) is 3.89. The molecule has 2 amide bonds. The zero-order chi connectivity index (χ0) is 20.0. The van der Waals surface area contributed by atoms with Crippen LogP contribution in [0.3, 0.4) is 0 Å². The van der Waals surface area contributed by atoms with E-state index in [2.05, 4.69) is 9.55 Å². The third kappa shape index (κ3) is 2.96. The summed E-state index contributed by atoms with van der Waals surface area (Å²) in [5.41, 5.74) is 2.51. The van der Waals surface area contributed by atoms with Crippen molar-refractivity contribution < 1.29 is 9.59 Å². The summed E-state index contributed by atoms with van der Waals surface area (Å²) in [5.74, 6) is 0.873. The summed E-state index contributed by atoms with van der Waals surface area (Å²) >= 11 is 0. The number of carbonyl (C=O) groups excluding carboxylic acids is 2. The van der Waals surface area contributed by atoms with Crippen LogP contribution in [0.15, 0.2) is 36.7 Å². The number of amides is 2. The highest BCUT2D eigenvalue weighted by molar-refractivity contribution is 6.07. The van der Waals surface area contributed by atoms with Crippen molar-refractivity contribution in [3.05, 3.63) is 53.7 Å². The van der Waals surface area contributed by atoms with Crippen molar-refractivity contribution in [2.45, 2.75) is 25.9 Å². The first kappa shape index (κ1) is 18.3. The van der Waals surface area contributed by atoms with Gasteiger partial charge in [-0.15, -0.1) is 0 Å². The molecule has 0 saturated heterocycles. The molecule has 4 rings (SSSR count). The van der Waals surface area contributed by atoms with Gasteiger partial charge in [-0.3, -0.25) is 9.59 Å². The van der Waals surface area contributed by atoms with Crippen LogP contribution in [0.5, 0.6) is 0 Å². The van der Waals surface area contributed by atoms with E-state index in [4.69, 9.17) is 0 Å². The number of aryl methyl sites for hydroxylation is 1. The largest absolute Gasteiger partial charge is 0.350 e. The number of aromatic nitrogens is 3. The molecule has 0 aliphatic carbocycles. The first-order valence-electron chi connectivity index (χ1n) is 9.48. The van der Waals surface area contributed by atoms with Gasteiger partial charge in [-0.1, -0.05) is 18.2 Å². The molecule has 0 spiro atoms. The highest BCUT2D eigenvalue weighted by Crippen LogP contribution is 2.29. The molecular weight excluding hydrogens is 354 g/mol. The van der Waals surface area contributed by atoms with Crippen LogP contribution in [-0.2, 0) is 24.8 Å². The van der Waals surface area contributed by atoms with Crippen molar-refractivity contribution in [1.82, 2.24) is 23.9 Å². The first-order chi connectivity index (χ1) is 13.4. The zero-order valence-corrected chi connectivity index (χ0v) is 16.7. The summed E-state index contributed by atoms with van der Waals surface area (Å²) in [7, 11) is 5.44. The smallest absolute Gasteiger partial charge is 0.256 e. The lowest BCUT2D eigenvalue weighted by atomic mass is 10.1. The Bertz CT molecular complexity index is 1060. The second-order valence-electron chi connectivity index (χ2n) is 7.59. The van der Waals surface area contributed by atoms with E-state index in [1.165, 1.54) is 0 Å². The fourth-order valence-corrected chi connectivity index (χ4v) is 3.89. The van der Waals surface area contributed by atoms with Crippen molar-refractivity contribution in [2.24, 2.45) is 7.05 Å². The van der Waals surface area contributed by atoms with Gasteiger partial charge < -0.3 is 18.9 Å². The van der Waals surface area contributed by atoms with Crippen molar-refractivity contribution in [1.29, 1.82) is 0 Å². The molecule has 0 N–H and O–H groups in total. The van der Waals surface area contributed by atoms with E-state index in [1.807, 2.05) is 60.1 Å². The summed E-state index contributed by atoms with van der Waals surface area (Å²) in [6.45, 7) is 3.30. The first-order valence-corrected chi connectivity index (χ1v) is 9.48. The van der Waals surface area contributed by atoms with Crippen LogP contribution in [0.4, 0.5) is 0 Å². The van der Waals surface area contributed by atoms with Crippen LogP contribution in [0, 0.1) is 0 Å². The Morgan fingerprint density at radius 1 is 1.18 bits per heavy atom. The number of hydrogen-bond acceptors (Lipinski definition) is 3. The van der Waals surface area contributed by atoms with E-state index < -0.39 is 0 Å². The van der Waals surface area contributed by atoms with E-state index in [0.29, 0.717) is 18.7 Å². The molecule has 1 aliphatic rings. The predicted octanol–water partition coefficient (Wildman–Crippen LogP) is 2.22. The number of carbonyl (C=O) groups is 2. The molecule has 3 aromatic rings. The number of fused-ring (bicyclic) bond motifs is 2. The summed E-state index contributed by atoms with van der Waals surface area (Å²) in [5, 5.41) is 0.966. The molecule has 0 bridgehead atoms. The number of likely N-dealkylation sites (N-methyl/N-ethyl adjacent to an activating group) is 1. The third-order valence-electron chi connectivity index (χ3n) is 5.50. The summed E-state index contributed by atoms with van der Waals surface area (Å²) < 4.78 is 4.05. The predicted molar refractivity (Wildman–Crippen MR) is 107 cm³/mol. The molecule has 28 heavy (non-hydrogen) atoms. The molecule has 146 valence electrons. The number of hydrogen-bond donors (Lipinski definition) is 0. The maximum atomic E-state index is 13.3. The van der Waals surface area contributed by atoms with E-state index in [0.717, 1.165) is 22.4 Å². The van der Waals surface area contributed by atoms with Crippen LogP contribution in [-0.4, -0.2) is 56.4 Å². The van der Waals surface area contributed by atoms with Crippen molar-refractivity contribution >= 4 is 22.7 Å². The van der Waals surface area contributed by atoms with Crippen LogP contribution in [0.2, 0.25) is 0 Å². The molecule has 1 aromatic carbocycles. The summed E-state index contributed by atoms with van der Waals surface area (Å²) in [6, 6.07) is 7.80. The van der Waals surface area contributed by atoms with Gasteiger partial charge in [-0.25, -0.2) is 4.98 Å². The molecule has 7 nitrogen and oxygen atoms in total. The standard InChI is InChI=1S/C21H25N5O2/c1-14-20-22-15(11-19(27)23(2)3)12-25(20)9-10-26(14)21(28)17-13-24(4)18-8-6-5-7-16(17)18/h5-8,12-14H,9-11H2,1-4H3. The lowest BCUT2D eigenvalue weighted by Gasteiger charge is -2.33. The third-order valence-corrected chi connectivity index (χ3v) is 5.50. The second-order valence-corrected chi connectivity index (χ2v) is 7.59. The molecule has 7 heteroatoms. The minimum Gasteiger partial charge on any atom is -0.350 e. The minimum atomic E-state index is -0.150. The van der Waals surface area contributed by atoms with E-state index in [1.54, 1.807) is 19.0 Å². The van der Waals surface area contributed by atoms with E-state index in [-0.39, 0.29) is 24.3 Å². The molecular formula is C21H25N5O2. The van der Waals surface area contributed by atoms with Gasteiger partial charge in [-0.2, -0.15) is 0 Å². The summed E-state index contributed by atoms with van der Waals surface area (Å²) in [6.07, 6.45) is 4.12. The van der Waals surface area contributed by atoms with Gasteiger partial charge in [0.1, 0.15) is 5.82 Å². The van der Waals surface area contributed by atoms with Crippen molar-refractivity contribution in [3.63, 3.8) is 0 Å². The van der Waals surface area contributed by atoms with E-state index >= 15 is 0 Å². The topological polar surface area (TPSA) is 63.4 Å². The molecule has 2 aromatic heterocycles. The maximum absolute atomic E-state index is 13.3. The molecule has 1 aliphatic heterocycles. The van der Waals surface area contributed by atoms with Crippen LogP contribution in [0.25, 0.3) is 10.9 Å². The van der Waals surface area contributed by atoms with E-state index in [9.17, 15) is 9.59 Å². The molecule has 1 atom stereocenters. The van der Waals surface area contributed by atoms with Gasteiger partial charge in [0, 0.05) is 57.5 Å². The van der Waals surface area contributed by atoms with Gasteiger partial charge in [0.05, 0.1) is 23.7 Å². The van der Waals surface area contributed by atoms with Crippen LogP contribution >= 0.6 is 0 Å². The number of benzene rings is 1. The lowest BCUT2D eigenvalue weighted by Crippen LogP contribution is -2.41. The quantitative estimate of drug-likeness (QED) is 0.701. The Kier molecular flexibility index (Phi) is 4.45. The Morgan fingerprint density at radius 2 is 1.93 bits per heavy atom. The number of imidazole rings is 1. The van der Waals surface area contributed by atoms with Gasteiger partial charge in [0.2, 0.25) is 5.91 Å². The number of para-hydroxylation sites is 1. The van der Waals surface area contributed by atoms with Gasteiger partial charge in [-0.05, 0) is 13.0 Å². The Morgan fingerprint density at radius 3 is 2.68 bits per heavy atom. The minimum absolute atomic E-state index is 0.0180. The lowest BCUT2D eigenvalue weighted by molar-refractivity contribution is -0.128. The Labute approximate surface area is 164 Å². The molecule has 1 unspecified atom stereocenters.